The number of hydrogen-bond donors (Lipinski definition) is 5. The molecule has 0 fully saturated rings. The van der Waals surface area contributed by atoms with Crippen molar-refractivity contribution in [2.75, 3.05) is 36.8 Å². The minimum absolute atomic E-state index is 0.0308. The van der Waals surface area contributed by atoms with Gasteiger partial charge < -0.3 is 26.4 Å². The van der Waals surface area contributed by atoms with Crippen LogP contribution in [0.25, 0.3) is 22.3 Å². The highest BCUT2D eigenvalue weighted by Crippen LogP contribution is 2.22. The number of benzene rings is 2. The summed E-state index contributed by atoms with van der Waals surface area (Å²) in [5.41, 5.74) is 1.48. The molecule has 184 valence electrons. The van der Waals surface area contributed by atoms with Gasteiger partial charge in [0.1, 0.15) is 28.6 Å². The number of nitrogens with zero attached hydrogens (tertiary/aromatic N) is 3. The van der Waals surface area contributed by atoms with Crippen LogP contribution in [0.5, 0.6) is 5.75 Å². The maximum atomic E-state index is 12.6. The van der Waals surface area contributed by atoms with Crippen LogP contribution in [0.4, 0.5) is 11.6 Å². The van der Waals surface area contributed by atoms with E-state index in [0.29, 0.717) is 49.2 Å². The van der Waals surface area contributed by atoms with Gasteiger partial charge in [-0.2, -0.15) is 0 Å². The molecule has 2 aromatic heterocycles. The molecule has 0 radical (unpaired) electrons. The molecular formula is C26H27N7O3. The van der Waals surface area contributed by atoms with Crippen molar-refractivity contribution in [3.8, 4) is 17.1 Å². The van der Waals surface area contributed by atoms with E-state index < -0.39 is 0 Å². The van der Waals surface area contributed by atoms with Crippen molar-refractivity contribution < 1.29 is 14.7 Å². The molecule has 4 aromatic rings. The van der Waals surface area contributed by atoms with Crippen molar-refractivity contribution in [3.63, 3.8) is 0 Å². The first-order chi connectivity index (χ1) is 17.5. The average Bonchev–Trinajstić information content (AvgIpc) is 2.89. The van der Waals surface area contributed by atoms with Gasteiger partial charge in [0, 0.05) is 50.1 Å². The predicted octanol–water partition coefficient (Wildman–Crippen LogP) is 2.79. The third-order valence-corrected chi connectivity index (χ3v) is 5.21. The Kier molecular flexibility index (Phi) is 7.87. The molecule has 0 atom stereocenters. The Labute approximate surface area is 208 Å². The molecule has 4 rings (SSSR count). The Morgan fingerprint density at radius 1 is 0.778 bits per heavy atom. The van der Waals surface area contributed by atoms with Crippen LogP contribution in [0.3, 0.4) is 0 Å². The van der Waals surface area contributed by atoms with Crippen molar-refractivity contribution in [2.45, 2.75) is 6.92 Å². The maximum absolute atomic E-state index is 12.6. The molecule has 0 bridgehead atoms. The molecule has 0 unspecified atom stereocenters. The second-order valence-corrected chi connectivity index (χ2v) is 7.97. The van der Waals surface area contributed by atoms with E-state index in [4.69, 9.17) is 0 Å². The number of para-hydroxylation sites is 1. The topological polar surface area (TPSA) is 141 Å². The number of anilines is 2. The lowest BCUT2D eigenvalue weighted by molar-refractivity contribution is -0.118. The number of rotatable bonds is 10. The normalized spacial score (nSPS) is 10.6. The van der Waals surface area contributed by atoms with Gasteiger partial charge in [0.05, 0.1) is 0 Å². The van der Waals surface area contributed by atoms with E-state index in [1.807, 2.05) is 36.4 Å². The molecule has 0 saturated carbocycles. The molecule has 0 aliphatic carbocycles. The van der Waals surface area contributed by atoms with Crippen molar-refractivity contribution in [2.24, 2.45) is 0 Å². The first-order valence-corrected chi connectivity index (χ1v) is 11.5. The van der Waals surface area contributed by atoms with Crippen LogP contribution in [0, 0.1) is 0 Å². The highest BCUT2D eigenvalue weighted by atomic mass is 16.3. The molecule has 10 nitrogen and oxygen atoms in total. The number of nitrogens with one attached hydrogen (secondary N) is 4. The van der Waals surface area contributed by atoms with Gasteiger partial charge in [-0.05, 0) is 12.1 Å². The summed E-state index contributed by atoms with van der Waals surface area (Å²) in [6.45, 7) is 3.19. The Balaban J connectivity index is 1.38. The van der Waals surface area contributed by atoms with Gasteiger partial charge in [-0.15, -0.1) is 0 Å². The average molecular weight is 486 g/mol. The molecule has 2 aromatic carbocycles. The summed E-state index contributed by atoms with van der Waals surface area (Å²) in [5, 5.41) is 22.7. The third kappa shape index (κ3) is 6.44. The maximum Gasteiger partial charge on any atom is 0.269 e. The fraction of sp³-hybridized carbons (Fsp3) is 0.192. The van der Waals surface area contributed by atoms with Gasteiger partial charge in [0.2, 0.25) is 5.91 Å². The number of fused-ring (bicyclic) bond motifs is 1. The van der Waals surface area contributed by atoms with Crippen molar-refractivity contribution >= 4 is 34.4 Å². The van der Waals surface area contributed by atoms with Crippen molar-refractivity contribution in [1.82, 2.24) is 25.6 Å². The Morgan fingerprint density at radius 3 is 2.17 bits per heavy atom. The van der Waals surface area contributed by atoms with E-state index in [2.05, 4.69) is 36.2 Å². The molecule has 36 heavy (non-hydrogen) atoms. The van der Waals surface area contributed by atoms with Gasteiger partial charge in [0.25, 0.3) is 5.91 Å². The summed E-state index contributed by atoms with van der Waals surface area (Å²) in [6, 6.07) is 19.8. The highest BCUT2D eigenvalue weighted by Gasteiger charge is 2.10. The largest absolute Gasteiger partial charge is 0.506 e. The van der Waals surface area contributed by atoms with Crippen LogP contribution in [-0.2, 0) is 4.79 Å². The fourth-order valence-corrected chi connectivity index (χ4v) is 3.49. The van der Waals surface area contributed by atoms with Crippen LogP contribution in [-0.4, -0.2) is 58.1 Å². The first-order valence-electron chi connectivity index (χ1n) is 11.5. The monoisotopic (exact) mass is 485 g/mol. The zero-order valence-electron chi connectivity index (χ0n) is 19.8. The van der Waals surface area contributed by atoms with E-state index >= 15 is 0 Å². The summed E-state index contributed by atoms with van der Waals surface area (Å²) < 4.78 is 0. The second-order valence-electron chi connectivity index (χ2n) is 7.97. The molecule has 10 heteroatoms. The van der Waals surface area contributed by atoms with Gasteiger partial charge in [-0.25, -0.2) is 15.0 Å². The van der Waals surface area contributed by atoms with Gasteiger partial charge in [-0.1, -0.05) is 48.5 Å². The number of carbonyl (C=O) groups is 2. The Morgan fingerprint density at radius 2 is 1.47 bits per heavy atom. The predicted molar refractivity (Wildman–Crippen MR) is 139 cm³/mol. The standard InChI is InChI=1S/C26H27N7O3/c1-17(34)27-12-13-28-22-16-23(33-25(32-22)19-6-3-2-4-7-19)29-14-15-30-26(36)20-11-10-18-8-5-9-21(35)24(18)31-20/h2-11,16,35H,12-15H2,1H3,(H,27,34)(H,30,36)(H2,28,29,32,33). The van der Waals surface area contributed by atoms with Crippen molar-refractivity contribution in [3.05, 3.63) is 72.4 Å². The zero-order valence-corrected chi connectivity index (χ0v) is 19.8. The van der Waals surface area contributed by atoms with Crippen LogP contribution < -0.4 is 21.3 Å². The van der Waals surface area contributed by atoms with Crippen molar-refractivity contribution in [1.29, 1.82) is 0 Å². The number of phenols is 1. The lowest BCUT2D eigenvalue weighted by Gasteiger charge is -2.12. The summed E-state index contributed by atoms with van der Waals surface area (Å²) in [6.07, 6.45) is 0. The van der Waals surface area contributed by atoms with Crippen LogP contribution >= 0.6 is 0 Å². The van der Waals surface area contributed by atoms with E-state index in [9.17, 15) is 14.7 Å². The van der Waals surface area contributed by atoms with Crippen LogP contribution in [0.1, 0.15) is 17.4 Å². The SMILES string of the molecule is CC(=O)NCCNc1cc(NCCNC(=O)c2ccc3cccc(O)c3n2)nc(-c2ccccc2)n1. The van der Waals surface area contributed by atoms with E-state index in [-0.39, 0.29) is 23.3 Å². The molecule has 0 saturated heterocycles. The van der Waals surface area contributed by atoms with E-state index in [0.717, 1.165) is 10.9 Å². The van der Waals surface area contributed by atoms with Gasteiger partial charge in [0.15, 0.2) is 5.82 Å². The summed E-state index contributed by atoms with van der Waals surface area (Å²) in [4.78, 5) is 37.1. The number of aromatic hydroxyl groups is 1. The first kappa shape index (κ1) is 24.4. The van der Waals surface area contributed by atoms with Gasteiger partial charge >= 0.3 is 0 Å². The number of aromatic nitrogens is 3. The Bertz CT molecular complexity index is 1360. The van der Waals surface area contributed by atoms with Crippen LogP contribution in [0.2, 0.25) is 0 Å². The molecule has 2 amide bonds. The number of hydrogen-bond acceptors (Lipinski definition) is 8. The lowest BCUT2D eigenvalue weighted by atomic mass is 10.2. The third-order valence-electron chi connectivity index (χ3n) is 5.21. The minimum atomic E-state index is -0.338. The smallest absolute Gasteiger partial charge is 0.269 e. The number of pyridine rings is 1. The molecule has 2 heterocycles. The van der Waals surface area contributed by atoms with E-state index in [1.165, 1.54) is 13.0 Å². The van der Waals surface area contributed by atoms with E-state index in [1.54, 1.807) is 24.3 Å². The fourth-order valence-electron chi connectivity index (χ4n) is 3.49. The summed E-state index contributed by atoms with van der Waals surface area (Å²) >= 11 is 0. The Hall–Kier alpha value is -4.73. The molecule has 0 aliphatic rings. The highest BCUT2D eigenvalue weighted by molar-refractivity contribution is 5.95. The number of carbonyl (C=O) groups excluding carboxylic acids is 2. The molecule has 0 spiro atoms. The van der Waals surface area contributed by atoms with Gasteiger partial charge in [-0.3, -0.25) is 9.59 Å². The summed E-state index contributed by atoms with van der Waals surface area (Å²) in [5.74, 6) is 1.35. The minimum Gasteiger partial charge on any atom is -0.506 e. The molecule has 5 N–H and O–H groups in total. The lowest BCUT2D eigenvalue weighted by Crippen LogP contribution is -2.29. The molecular weight excluding hydrogens is 458 g/mol. The molecule has 0 aliphatic heterocycles. The number of phenolic OH excluding ortho intramolecular Hbond substituents is 1. The second kappa shape index (κ2) is 11.6. The summed E-state index contributed by atoms with van der Waals surface area (Å²) in [7, 11) is 0. The van der Waals surface area contributed by atoms with Crippen LogP contribution in [0.15, 0.2) is 66.7 Å². The number of amides is 2. The quantitative estimate of drug-likeness (QED) is 0.216. The zero-order chi connectivity index (χ0) is 25.3.